The van der Waals surface area contributed by atoms with E-state index in [9.17, 15) is 14.6 Å². The van der Waals surface area contributed by atoms with Gasteiger partial charge < -0.3 is 19.8 Å². The summed E-state index contributed by atoms with van der Waals surface area (Å²) in [7, 11) is 0. The molecule has 6 nitrogen and oxygen atoms in total. The zero-order valence-electron chi connectivity index (χ0n) is 20.7. The van der Waals surface area contributed by atoms with Gasteiger partial charge in [-0.05, 0) is 60.9 Å². The Hall–Kier alpha value is -2.71. The lowest BCUT2D eigenvalue weighted by atomic mass is 9.94. The maximum atomic E-state index is 13.7. The van der Waals surface area contributed by atoms with E-state index < -0.39 is 5.60 Å². The lowest BCUT2D eigenvalue weighted by Gasteiger charge is -2.45. The minimum Gasteiger partial charge on any atom is -0.494 e. The van der Waals surface area contributed by atoms with Gasteiger partial charge in [-0.3, -0.25) is 9.88 Å². The molecule has 1 fully saturated rings. The molecule has 1 aliphatic heterocycles. The van der Waals surface area contributed by atoms with Crippen LogP contribution < -0.4 is 9.64 Å². The van der Waals surface area contributed by atoms with Crippen molar-refractivity contribution in [3.05, 3.63) is 88.5 Å². The molecule has 2 aromatic carbocycles. The quantitative estimate of drug-likeness (QED) is 0.423. The van der Waals surface area contributed by atoms with Crippen molar-refractivity contribution in [3.63, 3.8) is 0 Å². The normalized spacial score (nSPS) is 18.2. The SMILES string of the molecule is CCCOc1ccc(N2CCN(C[C@@](C)(O)c3ccnc(CO)c3)C[C@H]2c2ccc(F)cc2)c(Cl)c1. The molecular weight excluding hydrogens is 481 g/mol. The van der Waals surface area contributed by atoms with E-state index in [1.54, 1.807) is 37.4 Å². The van der Waals surface area contributed by atoms with Gasteiger partial charge in [0.2, 0.25) is 0 Å². The van der Waals surface area contributed by atoms with Gasteiger partial charge in [-0.2, -0.15) is 0 Å². The van der Waals surface area contributed by atoms with E-state index in [4.69, 9.17) is 16.3 Å². The molecule has 192 valence electrons. The summed E-state index contributed by atoms with van der Waals surface area (Å²) in [5, 5.41) is 21.4. The van der Waals surface area contributed by atoms with Crippen LogP contribution in [0.5, 0.6) is 5.75 Å². The first-order valence-electron chi connectivity index (χ1n) is 12.3. The molecule has 2 heterocycles. The third-order valence-corrected chi connectivity index (χ3v) is 6.86. The van der Waals surface area contributed by atoms with Crippen molar-refractivity contribution in [1.82, 2.24) is 9.88 Å². The van der Waals surface area contributed by atoms with Crippen molar-refractivity contribution in [2.45, 2.75) is 38.5 Å². The van der Waals surface area contributed by atoms with Crippen molar-refractivity contribution in [2.24, 2.45) is 0 Å². The van der Waals surface area contributed by atoms with Gasteiger partial charge in [0, 0.05) is 38.4 Å². The van der Waals surface area contributed by atoms with Gasteiger partial charge in [-0.1, -0.05) is 30.7 Å². The van der Waals surface area contributed by atoms with Crippen LogP contribution in [-0.4, -0.2) is 52.9 Å². The second-order valence-corrected chi connectivity index (χ2v) is 9.83. The molecular formula is C28H33ClFN3O3. The second-order valence-electron chi connectivity index (χ2n) is 9.43. The van der Waals surface area contributed by atoms with Crippen LogP contribution in [0.3, 0.4) is 0 Å². The number of pyridine rings is 1. The van der Waals surface area contributed by atoms with Crippen LogP contribution in [-0.2, 0) is 12.2 Å². The van der Waals surface area contributed by atoms with Crippen LogP contribution in [0, 0.1) is 5.82 Å². The number of ether oxygens (including phenoxy) is 1. The molecule has 0 saturated carbocycles. The first kappa shape index (κ1) is 26.4. The van der Waals surface area contributed by atoms with Crippen LogP contribution in [0.15, 0.2) is 60.8 Å². The maximum Gasteiger partial charge on any atom is 0.123 e. The number of piperazine rings is 1. The van der Waals surface area contributed by atoms with Crippen molar-refractivity contribution in [2.75, 3.05) is 37.7 Å². The van der Waals surface area contributed by atoms with E-state index in [0.717, 1.165) is 23.4 Å². The van der Waals surface area contributed by atoms with Crippen LogP contribution in [0.25, 0.3) is 0 Å². The van der Waals surface area contributed by atoms with Crippen molar-refractivity contribution < 1.29 is 19.3 Å². The van der Waals surface area contributed by atoms with Gasteiger partial charge in [0.15, 0.2) is 0 Å². The summed E-state index contributed by atoms with van der Waals surface area (Å²) in [6, 6.07) is 15.7. The highest BCUT2D eigenvalue weighted by atomic mass is 35.5. The maximum absolute atomic E-state index is 13.7. The number of hydrogen-bond acceptors (Lipinski definition) is 6. The van der Waals surface area contributed by atoms with Crippen LogP contribution in [0.2, 0.25) is 5.02 Å². The number of β-amino-alcohol motifs (C(OH)–C–C–N with tert-alkyl or cyclic N) is 1. The van der Waals surface area contributed by atoms with Gasteiger partial charge in [0.05, 0.1) is 41.3 Å². The van der Waals surface area contributed by atoms with Gasteiger partial charge in [0.1, 0.15) is 11.6 Å². The second kappa shape index (κ2) is 11.6. The molecule has 1 aromatic heterocycles. The number of anilines is 1. The number of benzene rings is 2. The van der Waals surface area contributed by atoms with E-state index in [1.807, 2.05) is 18.2 Å². The Balaban J connectivity index is 1.59. The van der Waals surface area contributed by atoms with Gasteiger partial charge in [0.25, 0.3) is 0 Å². The summed E-state index contributed by atoms with van der Waals surface area (Å²) >= 11 is 6.71. The Labute approximate surface area is 216 Å². The Bertz CT molecular complexity index is 1160. The molecule has 3 aromatic rings. The first-order valence-corrected chi connectivity index (χ1v) is 12.6. The number of aliphatic hydroxyl groups is 2. The summed E-state index contributed by atoms with van der Waals surface area (Å²) in [6.07, 6.45) is 2.52. The highest BCUT2D eigenvalue weighted by Crippen LogP contribution is 2.38. The monoisotopic (exact) mass is 513 g/mol. The van der Waals surface area contributed by atoms with E-state index in [-0.39, 0.29) is 18.5 Å². The molecule has 1 aliphatic rings. The van der Waals surface area contributed by atoms with Crippen molar-refractivity contribution in [3.8, 4) is 5.75 Å². The van der Waals surface area contributed by atoms with E-state index in [1.165, 1.54) is 12.1 Å². The van der Waals surface area contributed by atoms with E-state index in [2.05, 4.69) is 21.7 Å². The number of aromatic nitrogens is 1. The molecule has 4 rings (SSSR count). The Morgan fingerprint density at radius 2 is 1.92 bits per heavy atom. The summed E-state index contributed by atoms with van der Waals surface area (Å²) in [5.41, 5.74) is 1.94. The number of hydrogen-bond donors (Lipinski definition) is 2. The fraction of sp³-hybridized carbons (Fsp3) is 0.393. The third-order valence-electron chi connectivity index (χ3n) is 6.55. The summed E-state index contributed by atoms with van der Waals surface area (Å²) in [5.74, 6) is 0.451. The highest BCUT2D eigenvalue weighted by molar-refractivity contribution is 6.33. The lowest BCUT2D eigenvalue weighted by molar-refractivity contribution is 0.0101. The van der Waals surface area contributed by atoms with E-state index in [0.29, 0.717) is 49.1 Å². The van der Waals surface area contributed by atoms with Gasteiger partial charge >= 0.3 is 0 Å². The molecule has 0 spiro atoms. The molecule has 36 heavy (non-hydrogen) atoms. The third kappa shape index (κ3) is 6.16. The summed E-state index contributed by atoms with van der Waals surface area (Å²) in [4.78, 5) is 8.56. The smallest absolute Gasteiger partial charge is 0.123 e. The molecule has 0 bridgehead atoms. The van der Waals surface area contributed by atoms with Crippen molar-refractivity contribution >= 4 is 17.3 Å². The summed E-state index contributed by atoms with van der Waals surface area (Å²) < 4.78 is 19.5. The average molecular weight is 514 g/mol. The molecule has 2 N–H and O–H groups in total. The Morgan fingerprint density at radius 3 is 2.61 bits per heavy atom. The predicted molar refractivity (Wildman–Crippen MR) is 140 cm³/mol. The Morgan fingerprint density at radius 1 is 1.14 bits per heavy atom. The van der Waals surface area contributed by atoms with Crippen LogP contribution in [0.4, 0.5) is 10.1 Å². The largest absolute Gasteiger partial charge is 0.494 e. The Kier molecular flexibility index (Phi) is 8.46. The number of aliphatic hydroxyl groups excluding tert-OH is 1. The topological polar surface area (TPSA) is 69.1 Å². The van der Waals surface area contributed by atoms with E-state index >= 15 is 0 Å². The number of halogens is 2. The van der Waals surface area contributed by atoms with Gasteiger partial charge in [-0.25, -0.2) is 4.39 Å². The zero-order chi connectivity index (χ0) is 25.7. The van der Waals surface area contributed by atoms with Crippen molar-refractivity contribution in [1.29, 1.82) is 0 Å². The molecule has 0 radical (unpaired) electrons. The molecule has 2 atom stereocenters. The standard InChI is InChI=1S/C28H33ClFN3O3/c1-3-14-36-24-8-9-26(25(29)16-24)33-13-12-32(17-27(33)20-4-6-22(30)7-5-20)19-28(2,35)21-10-11-31-23(15-21)18-34/h4-11,15-16,27,34-35H,3,12-14,17-19H2,1-2H3/t27-,28+/m0/s1. The number of nitrogens with zero attached hydrogens (tertiary/aromatic N) is 3. The minimum absolute atomic E-state index is 0.0968. The predicted octanol–water partition coefficient (Wildman–Crippen LogP) is 4.93. The lowest BCUT2D eigenvalue weighted by Crippen LogP contribution is -2.52. The fourth-order valence-corrected chi connectivity index (χ4v) is 4.98. The van der Waals surface area contributed by atoms with Gasteiger partial charge in [-0.15, -0.1) is 0 Å². The number of rotatable bonds is 9. The first-order chi connectivity index (χ1) is 17.3. The molecule has 0 unspecified atom stereocenters. The molecule has 0 aliphatic carbocycles. The fourth-order valence-electron chi connectivity index (χ4n) is 4.70. The summed E-state index contributed by atoms with van der Waals surface area (Å²) in [6.45, 7) is 6.66. The zero-order valence-corrected chi connectivity index (χ0v) is 21.5. The van der Waals surface area contributed by atoms with Crippen LogP contribution >= 0.6 is 11.6 Å². The van der Waals surface area contributed by atoms with Crippen LogP contribution in [0.1, 0.15) is 43.1 Å². The average Bonchev–Trinajstić information content (AvgIpc) is 2.88. The highest BCUT2D eigenvalue weighted by Gasteiger charge is 2.34. The molecule has 8 heteroatoms. The molecule has 1 saturated heterocycles. The molecule has 0 amide bonds. The minimum atomic E-state index is -1.14.